The zero-order valence-electron chi connectivity index (χ0n) is 12.6. The lowest BCUT2D eigenvalue weighted by atomic mass is 10.3. The Morgan fingerprint density at radius 3 is 2.29 bits per heavy atom. The Hall–Kier alpha value is -2.73. The van der Waals surface area contributed by atoms with E-state index in [4.69, 9.17) is 11.6 Å². The van der Waals surface area contributed by atoms with Gasteiger partial charge in [0.1, 0.15) is 29.1 Å². The number of nitrogens with zero attached hydrogens (tertiary/aromatic N) is 2. The van der Waals surface area contributed by atoms with E-state index < -0.39 is 5.82 Å². The van der Waals surface area contributed by atoms with Crippen molar-refractivity contribution in [2.45, 2.75) is 6.92 Å². The number of hydrogen-bond donors (Lipinski definition) is 2. The Balaban J connectivity index is 1.86. The second kappa shape index (κ2) is 6.80. The second-order valence-corrected chi connectivity index (χ2v) is 5.45. The van der Waals surface area contributed by atoms with Crippen molar-refractivity contribution in [1.82, 2.24) is 9.97 Å². The van der Waals surface area contributed by atoms with Gasteiger partial charge in [0, 0.05) is 11.8 Å². The fourth-order valence-electron chi connectivity index (χ4n) is 2.12. The summed E-state index contributed by atoms with van der Waals surface area (Å²) in [6.45, 7) is 1.72. The van der Waals surface area contributed by atoms with E-state index >= 15 is 0 Å². The standard InChI is InChI=1S/C17H13ClF2N4/c1-10-21-16(23-11-6-7-13(19)12(18)8-11)9-17(22-10)24-15-5-3-2-4-14(15)20/h2-9H,1H3,(H2,21,22,23,24). The van der Waals surface area contributed by atoms with Crippen LogP contribution in [0.5, 0.6) is 0 Å². The first kappa shape index (κ1) is 16.1. The summed E-state index contributed by atoms with van der Waals surface area (Å²) in [4.78, 5) is 8.48. The van der Waals surface area contributed by atoms with Gasteiger partial charge in [-0.15, -0.1) is 0 Å². The Bertz CT molecular complexity index is 886. The van der Waals surface area contributed by atoms with Crippen LogP contribution in [0.4, 0.5) is 31.8 Å². The van der Waals surface area contributed by atoms with Crippen LogP contribution in [0.3, 0.4) is 0 Å². The van der Waals surface area contributed by atoms with Crippen LogP contribution in [-0.2, 0) is 0 Å². The maximum atomic E-state index is 13.7. The molecule has 0 saturated heterocycles. The first-order chi connectivity index (χ1) is 11.5. The number of nitrogens with one attached hydrogen (secondary N) is 2. The Kier molecular flexibility index (Phi) is 4.57. The van der Waals surface area contributed by atoms with Crippen LogP contribution in [0.1, 0.15) is 5.82 Å². The van der Waals surface area contributed by atoms with Crippen LogP contribution < -0.4 is 10.6 Å². The van der Waals surface area contributed by atoms with Crippen LogP contribution in [0.2, 0.25) is 5.02 Å². The highest BCUT2D eigenvalue weighted by Gasteiger charge is 2.07. The molecule has 2 aromatic carbocycles. The zero-order chi connectivity index (χ0) is 17.1. The van der Waals surface area contributed by atoms with Gasteiger partial charge in [-0.1, -0.05) is 23.7 Å². The quantitative estimate of drug-likeness (QED) is 0.681. The van der Waals surface area contributed by atoms with Crippen molar-refractivity contribution in [1.29, 1.82) is 0 Å². The number of anilines is 4. The molecule has 0 atom stereocenters. The number of benzene rings is 2. The highest BCUT2D eigenvalue weighted by molar-refractivity contribution is 6.31. The molecule has 0 aliphatic carbocycles. The van der Waals surface area contributed by atoms with Crippen LogP contribution in [0, 0.1) is 18.6 Å². The maximum absolute atomic E-state index is 13.7. The predicted octanol–water partition coefficient (Wildman–Crippen LogP) is 5.20. The van der Waals surface area contributed by atoms with Crippen LogP contribution in [0.15, 0.2) is 48.5 Å². The number of para-hydroxylation sites is 1. The third-order valence-corrected chi connectivity index (χ3v) is 3.46. The summed E-state index contributed by atoms with van der Waals surface area (Å²) in [5, 5.41) is 5.93. The Morgan fingerprint density at radius 1 is 0.875 bits per heavy atom. The highest BCUT2D eigenvalue weighted by Crippen LogP contribution is 2.24. The summed E-state index contributed by atoms with van der Waals surface area (Å²) in [5.41, 5.74) is 0.891. The fourth-order valence-corrected chi connectivity index (χ4v) is 2.30. The monoisotopic (exact) mass is 346 g/mol. The molecule has 3 rings (SSSR count). The molecule has 0 radical (unpaired) electrons. The summed E-state index contributed by atoms with van der Waals surface area (Å²) < 4.78 is 26.9. The molecular weight excluding hydrogens is 334 g/mol. The molecule has 0 aliphatic rings. The van der Waals surface area contributed by atoms with E-state index in [2.05, 4.69) is 20.6 Å². The molecule has 0 bridgehead atoms. The molecule has 0 spiro atoms. The van der Waals surface area contributed by atoms with Crippen LogP contribution >= 0.6 is 11.6 Å². The smallest absolute Gasteiger partial charge is 0.146 e. The Morgan fingerprint density at radius 2 is 1.58 bits per heavy atom. The highest BCUT2D eigenvalue weighted by atomic mass is 35.5. The van der Waals surface area contributed by atoms with Crippen molar-refractivity contribution in [3.05, 3.63) is 71.0 Å². The average Bonchev–Trinajstić information content (AvgIpc) is 2.53. The molecule has 0 saturated carbocycles. The van der Waals surface area contributed by atoms with Gasteiger partial charge >= 0.3 is 0 Å². The van der Waals surface area contributed by atoms with Gasteiger partial charge in [0.05, 0.1) is 10.7 Å². The SMILES string of the molecule is Cc1nc(Nc2ccc(F)c(Cl)c2)cc(Nc2ccccc2F)n1. The van der Waals surface area contributed by atoms with Gasteiger partial charge in [0.2, 0.25) is 0 Å². The van der Waals surface area contributed by atoms with E-state index in [1.807, 2.05) is 0 Å². The number of aryl methyl sites for hydroxylation is 1. The fraction of sp³-hybridized carbons (Fsp3) is 0.0588. The summed E-state index contributed by atoms with van der Waals surface area (Å²) in [6, 6.07) is 12.2. The predicted molar refractivity (Wildman–Crippen MR) is 91.1 cm³/mol. The second-order valence-electron chi connectivity index (χ2n) is 5.04. The molecule has 7 heteroatoms. The van der Waals surface area contributed by atoms with Gasteiger partial charge < -0.3 is 10.6 Å². The lowest BCUT2D eigenvalue weighted by Gasteiger charge is -2.11. The van der Waals surface area contributed by atoms with E-state index in [0.29, 0.717) is 28.8 Å². The van der Waals surface area contributed by atoms with Gasteiger partial charge in [-0.3, -0.25) is 0 Å². The molecule has 0 fully saturated rings. The zero-order valence-corrected chi connectivity index (χ0v) is 13.4. The van der Waals surface area contributed by atoms with Crippen molar-refractivity contribution < 1.29 is 8.78 Å². The minimum Gasteiger partial charge on any atom is -0.340 e. The van der Waals surface area contributed by atoms with E-state index in [9.17, 15) is 8.78 Å². The average molecular weight is 347 g/mol. The van der Waals surface area contributed by atoms with Crippen molar-refractivity contribution >= 4 is 34.6 Å². The molecule has 4 nitrogen and oxygen atoms in total. The summed E-state index contributed by atoms with van der Waals surface area (Å²) >= 11 is 5.77. The first-order valence-corrected chi connectivity index (χ1v) is 7.48. The molecule has 2 N–H and O–H groups in total. The summed E-state index contributed by atoms with van der Waals surface area (Å²) in [6.07, 6.45) is 0. The van der Waals surface area contributed by atoms with Crippen LogP contribution in [0.25, 0.3) is 0 Å². The topological polar surface area (TPSA) is 49.8 Å². The van der Waals surface area contributed by atoms with E-state index in [0.717, 1.165) is 0 Å². The third kappa shape index (κ3) is 3.78. The minimum absolute atomic E-state index is 0.00971. The lowest BCUT2D eigenvalue weighted by molar-refractivity contribution is 0.628. The van der Waals surface area contributed by atoms with Gasteiger partial charge in [-0.05, 0) is 37.3 Å². The summed E-state index contributed by atoms with van der Waals surface area (Å²) in [5.74, 6) is 0.524. The number of halogens is 3. The number of aromatic nitrogens is 2. The van der Waals surface area contributed by atoms with E-state index in [-0.39, 0.29) is 10.8 Å². The summed E-state index contributed by atoms with van der Waals surface area (Å²) in [7, 11) is 0. The number of hydrogen-bond acceptors (Lipinski definition) is 4. The lowest BCUT2D eigenvalue weighted by Crippen LogP contribution is -2.02. The Labute approximate surface area is 142 Å². The largest absolute Gasteiger partial charge is 0.340 e. The molecule has 1 aromatic heterocycles. The van der Waals surface area contributed by atoms with Crippen molar-refractivity contribution in [2.24, 2.45) is 0 Å². The van der Waals surface area contributed by atoms with E-state index in [1.54, 1.807) is 37.3 Å². The molecule has 1 heterocycles. The maximum Gasteiger partial charge on any atom is 0.146 e. The molecule has 0 amide bonds. The van der Waals surface area contributed by atoms with Crippen molar-refractivity contribution in [3.8, 4) is 0 Å². The van der Waals surface area contributed by atoms with Crippen LogP contribution in [-0.4, -0.2) is 9.97 Å². The molecule has 3 aromatic rings. The van der Waals surface area contributed by atoms with Gasteiger partial charge in [0.15, 0.2) is 0 Å². The number of rotatable bonds is 4. The third-order valence-electron chi connectivity index (χ3n) is 3.17. The van der Waals surface area contributed by atoms with Crippen molar-refractivity contribution in [3.63, 3.8) is 0 Å². The normalized spacial score (nSPS) is 10.5. The molecule has 24 heavy (non-hydrogen) atoms. The van der Waals surface area contributed by atoms with Gasteiger partial charge in [0.25, 0.3) is 0 Å². The first-order valence-electron chi connectivity index (χ1n) is 7.10. The molecular formula is C17H13ClF2N4. The van der Waals surface area contributed by atoms with Gasteiger partial charge in [-0.2, -0.15) is 0 Å². The molecule has 122 valence electrons. The molecule has 0 aliphatic heterocycles. The van der Waals surface area contributed by atoms with Gasteiger partial charge in [-0.25, -0.2) is 18.7 Å². The van der Waals surface area contributed by atoms with E-state index in [1.165, 1.54) is 18.2 Å². The minimum atomic E-state index is -0.497. The van der Waals surface area contributed by atoms with Crippen molar-refractivity contribution in [2.75, 3.05) is 10.6 Å². The molecule has 0 unspecified atom stereocenters.